The molecule has 0 aliphatic heterocycles. The predicted octanol–water partition coefficient (Wildman–Crippen LogP) is 0.993. The molecule has 0 radical (unpaired) electrons. The van der Waals surface area contributed by atoms with Crippen LogP contribution in [0.5, 0.6) is 0 Å². The largest absolute Gasteiger partial charge is 0.589 e. The zero-order valence-electron chi connectivity index (χ0n) is 7.35. The molecule has 1 N–H and O–H groups in total. The molecule has 0 saturated carbocycles. The SMILES string of the molecule is CCC(=O)OP(=O)(O)OC(=O)CC. The van der Waals surface area contributed by atoms with E-state index in [1.165, 1.54) is 13.8 Å². The van der Waals surface area contributed by atoms with Gasteiger partial charge in [-0.25, -0.2) is 4.57 Å². The van der Waals surface area contributed by atoms with Gasteiger partial charge in [0, 0.05) is 12.8 Å². The van der Waals surface area contributed by atoms with E-state index in [1.807, 2.05) is 0 Å². The maximum absolute atomic E-state index is 10.8. The van der Waals surface area contributed by atoms with Crippen molar-refractivity contribution in [1.29, 1.82) is 0 Å². The molecule has 0 atom stereocenters. The Morgan fingerprint density at radius 1 is 1.15 bits per heavy atom. The van der Waals surface area contributed by atoms with Gasteiger partial charge in [-0.05, 0) is 0 Å². The van der Waals surface area contributed by atoms with Crippen LogP contribution in [-0.2, 0) is 23.2 Å². The molecule has 0 rings (SSSR count). The first-order valence-electron chi connectivity index (χ1n) is 3.69. The molecule has 0 fully saturated rings. The molecule has 0 saturated heterocycles. The van der Waals surface area contributed by atoms with Gasteiger partial charge < -0.3 is 9.05 Å². The highest BCUT2D eigenvalue weighted by Gasteiger charge is 2.29. The lowest BCUT2D eigenvalue weighted by atomic mass is 10.5. The van der Waals surface area contributed by atoms with Crippen molar-refractivity contribution >= 4 is 19.8 Å². The molecule has 0 bridgehead atoms. The first-order chi connectivity index (χ1) is 5.91. The second-order valence-corrected chi connectivity index (χ2v) is 3.40. The Labute approximate surface area is 75.5 Å². The Morgan fingerprint density at radius 3 is 1.69 bits per heavy atom. The quantitative estimate of drug-likeness (QED) is 0.696. The molecule has 0 aliphatic rings. The van der Waals surface area contributed by atoms with Crippen molar-refractivity contribution in [1.82, 2.24) is 0 Å². The smallest absolute Gasteiger partial charge is 0.361 e. The van der Waals surface area contributed by atoms with Crippen LogP contribution in [0.4, 0.5) is 0 Å². The summed E-state index contributed by atoms with van der Waals surface area (Å²) < 4.78 is 18.8. The number of phosphoric ester groups is 1. The molecule has 0 amide bonds. The number of hydrogen-bond acceptors (Lipinski definition) is 5. The number of carbonyl (C=O) groups excluding carboxylic acids is 2. The zero-order chi connectivity index (χ0) is 10.5. The number of rotatable bonds is 4. The highest BCUT2D eigenvalue weighted by atomic mass is 31.2. The topological polar surface area (TPSA) is 89.9 Å². The van der Waals surface area contributed by atoms with Gasteiger partial charge in [0.2, 0.25) is 0 Å². The van der Waals surface area contributed by atoms with Crippen molar-refractivity contribution in [2.24, 2.45) is 0 Å². The van der Waals surface area contributed by atoms with E-state index in [2.05, 4.69) is 9.05 Å². The van der Waals surface area contributed by atoms with Gasteiger partial charge in [0.05, 0.1) is 0 Å². The summed E-state index contributed by atoms with van der Waals surface area (Å²) >= 11 is 0. The molecule has 0 aliphatic carbocycles. The Morgan fingerprint density at radius 2 is 1.46 bits per heavy atom. The summed E-state index contributed by atoms with van der Waals surface area (Å²) in [6.07, 6.45) is -0.123. The Bertz CT molecular complexity index is 226. The van der Waals surface area contributed by atoms with Crippen LogP contribution in [0.3, 0.4) is 0 Å². The molecule has 0 spiro atoms. The summed E-state index contributed by atoms with van der Waals surface area (Å²) in [5.74, 6) is -1.79. The lowest BCUT2D eigenvalue weighted by Crippen LogP contribution is -2.06. The van der Waals surface area contributed by atoms with Crippen molar-refractivity contribution in [2.75, 3.05) is 0 Å². The summed E-state index contributed by atoms with van der Waals surface area (Å²) in [6.45, 7) is 2.90. The van der Waals surface area contributed by atoms with Crippen LogP contribution >= 0.6 is 7.82 Å². The Hall–Kier alpha value is -0.870. The van der Waals surface area contributed by atoms with Crippen molar-refractivity contribution in [3.63, 3.8) is 0 Å². The first-order valence-corrected chi connectivity index (χ1v) is 5.18. The van der Waals surface area contributed by atoms with Gasteiger partial charge in [-0.3, -0.25) is 14.5 Å². The maximum atomic E-state index is 10.8. The lowest BCUT2D eigenvalue weighted by molar-refractivity contribution is -0.139. The van der Waals surface area contributed by atoms with Crippen LogP contribution in [0.25, 0.3) is 0 Å². The zero-order valence-corrected chi connectivity index (χ0v) is 8.24. The van der Waals surface area contributed by atoms with Crippen molar-refractivity contribution < 1.29 is 28.1 Å². The minimum absolute atomic E-state index is 0.0613. The minimum Gasteiger partial charge on any atom is -0.361 e. The van der Waals surface area contributed by atoms with E-state index in [-0.39, 0.29) is 12.8 Å². The number of carbonyl (C=O) groups is 2. The van der Waals surface area contributed by atoms with Crippen LogP contribution in [0.1, 0.15) is 26.7 Å². The van der Waals surface area contributed by atoms with E-state index in [0.29, 0.717) is 0 Å². The fraction of sp³-hybridized carbons (Fsp3) is 0.667. The molecule has 76 valence electrons. The van der Waals surface area contributed by atoms with Crippen molar-refractivity contribution in [3.05, 3.63) is 0 Å². The van der Waals surface area contributed by atoms with E-state index in [9.17, 15) is 14.2 Å². The van der Waals surface area contributed by atoms with E-state index >= 15 is 0 Å². The van der Waals surface area contributed by atoms with Crippen molar-refractivity contribution in [3.8, 4) is 0 Å². The molecule has 0 unspecified atom stereocenters. The van der Waals surface area contributed by atoms with Gasteiger partial charge in [0.25, 0.3) is 0 Å². The number of hydrogen-bond donors (Lipinski definition) is 1. The summed E-state index contributed by atoms with van der Waals surface area (Å²) in [5.41, 5.74) is 0. The van der Waals surface area contributed by atoms with E-state index in [0.717, 1.165) is 0 Å². The molecular formula is C6H11O6P. The third kappa shape index (κ3) is 5.38. The third-order valence-corrected chi connectivity index (χ3v) is 1.88. The molecular weight excluding hydrogens is 199 g/mol. The molecule has 0 heterocycles. The predicted molar refractivity (Wildman–Crippen MR) is 42.6 cm³/mol. The summed E-state index contributed by atoms with van der Waals surface area (Å²) in [4.78, 5) is 29.9. The molecule has 7 heteroatoms. The Kier molecular flexibility index (Phi) is 4.66. The molecule has 0 aromatic heterocycles. The van der Waals surface area contributed by atoms with Gasteiger partial charge >= 0.3 is 19.8 Å². The van der Waals surface area contributed by atoms with Gasteiger partial charge in [0.15, 0.2) is 0 Å². The fourth-order valence-corrected chi connectivity index (χ4v) is 1.22. The summed E-state index contributed by atoms with van der Waals surface area (Å²) in [5, 5.41) is 0. The molecule has 13 heavy (non-hydrogen) atoms. The molecule has 6 nitrogen and oxygen atoms in total. The number of phosphoric acid groups is 1. The fourth-order valence-electron chi connectivity index (χ4n) is 0.405. The summed E-state index contributed by atoms with van der Waals surface area (Å²) in [6, 6.07) is 0. The second-order valence-electron chi connectivity index (χ2n) is 2.10. The lowest BCUT2D eigenvalue weighted by Gasteiger charge is -2.09. The molecule has 0 aromatic carbocycles. The summed E-state index contributed by atoms with van der Waals surface area (Å²) in [7, 11) is -4.54. The Balaban J connectivity index is 4.16. The van der Waals surface area contributed by atoms with Crippen LogP contribution in [0, 0.1) is 0 Å². The third-order valence-electron chi connectivity index (χ3n) is 1.01. The van der Waals surface area contributed by atoms with Gasteiger partial charge in [-0.1, -0.05) is 13.8 Å². The van der Waals surface area contributed by atoms with Gasteiger partial charge in [-0.2, -0.15) is 0 Å². The van der Waals surface area contributed by atoms with Crippen LogP contribution in [-0.4, -0.2) is 16.8 Å². The van der Waals surface area contributed by atoms with E-state index in [4.69, 9.17) is 4.89 Å². The average molecular weight is 210 g/mol. The average Bonchev–Trinajstić information content (AvgIpc) is 2.02. The van der Waals surface area contributed by atoms with Gasteiger partial charge in [-0.15, -0.1) is 0 Å². The highest BCUT2D eigenvalue weighted by Crippen LogP contribution is 2.43. The minimum atomic E-state index is -4.54. The maximum Gasteiger partial charge on any atom is 0.589 e. The highest BCUT2D eigenvalue weighted by molar-refractivity contribution is 7.48. The van der Waals surface area contributed by atoms with Gasteiger partial charge in [0.1, 0.15) is 0 Å². The van der Waals surface area contributed by atoms with Crippen LogP contribution < -0.4 is 0 Å². The monoisotopic (exact) mass is 210 g/mol. The van der Waals surface area contributed by atoms with Crippen LogP contribution in [0.2, 0.25) is 0 Å². The first kappa shape index (κ1) is 12.1. The van der Waals surface area contributed by atoms with Crippen LogP contribution in [0.15, 0.2) is 0 Å². The molecule has 0 aromatic rings. The second kappa shape index (κ2) is 4.99. The normalized spacial score (nSPS) is 10.7. The van der Waals surface area contributed by atoms with Crippen molar-refractivity contribution in [2.45, 2.75) is 26.7 Å². The standard InChI is InChI=1S/C6H11O6P/c1-3-5(7)11-13(9,10)12-6(8)4-2/h3-4H2,1-2H3,(H,9,10). The van der Waals surface area contributed by atoms with E-state index in [1.54, 1.807) is 0 Å². The van der Waals surface area contributed by atoms with E-state index < -0.39 is 19.8 Å².